The van der Waals surface area contributed by atoms with Crippen molar-refractivity contribution in [3.05, 3.63) is 66.5 Å². The smallest absolute Gasteiger partial charge is 0.131 e. The fourth-order valence-electron chi connectivity index (χ4n) is 3.05. The van der Waals surface area contributed by atoms with Gasteiger partial charge in [-0.2, -0.15) is 0 Å². The fourth-order valence-corrected chi connectivity index (χ4v) is 3.71. The van der Waals surface area contributed by atoms with E-state index in [-0.39, 0.29) is 0 Å². The summed E-state index contributed by atoms with van der Waals surface area (Å²) >= 11 is 1.60. The molecule has 2 heterocycles. The molecule has 2 aromatic rings. The Kier molecular flexibility index (Phi) is 5.69. The first-order valence-corrected chi connectivity index (χ1v) is 9.63. The van der Waals surface area contributed by atoms with Crippen LogP contribution in [0, 0.1) is 0 Å². The third kappa shape index (κ3) is 4.48. The lowest BCUT2D eigenvalue weighted by Gasteiger charge is -2.33. The lowest BCUT2D eigenvalue weighted by molar-refractivity contribution is 0.267. The minimum atomic E-state index is 0.307. The first-order valence-electron chi connectivity index (χ1n) is 8.81. The number of aromatic nitrogens is 1. The van der Waals surface area contributed by atoms with Crippen molar-refractivity contribution in [3.8, 4) is 0 Å². The molecule has 0 bridgehead atoms. The van der Waals surface area contributed by atoms with Gasteiger partial charge >= 0.3 is 0 Å². The van der Waals surface area contributed by atoms with Gasteiger partial charge in [-0.25, -0.2) is 4.98 Å². The van der Waals surface area contributed by atoms with E-state index in [2.05, 4.69) is 59.2 Å². The highest BCUT2D eigenvalue weighted by Crippen LogP contribution is 2.32. The maximum Gasteiger partial charge on any atom is 0.131 e. The van der Waals surface area contributed by atoms with Gasteiger partial charge in [0.25, 0.3) is 0 Å². The zero-order valence-electron chi connectivity index (χ0n) is 15.3. The second kappa shape index (κ2) is 7.98. The number of likely N-dealkylation sites (tertiary alicyclic amines) is 1. The van der Waals surface area contributed by atoms with Gasteiger partial charge in [0, 0.05) is 35.6 Å². The Hall–Kier alpha value is -2.24. The van der Waals surface area contributed by atoms with E-state index >= 15 is 0 Å². The van der Waals surface area contributed by atoms with Crippen molar-refractivity contribution >= 4 is 33.3 Å². The average Bonchev–Trinajstić information content (AvgIpc) is 2.61. The van der Waals surface area contributed by atoms with Crippen LogP contribution in [-0.2, 0) is 0 Å². The summed E-state index contributed by atoms with van der Waals surface area (Å²) in [7, 11) is 0. The number of piperidine rings is 1. The van der Waals surface area contributed by atoms with Crippen LogP contribution in [0.4, 0.5) is 5.82 Å². The molecular weight excluding hydrogens is 340 g/mol. The minimum Gasteiger partial charge on any atom is -0.359 e. The van der Waals surface area contributed by atoms with Crippen molar-refractivity contribution in [3.63, 3.8) is 0 Å². The van der Waals surface area contributed by atoms with Crippen LogP contribution in [0.3, 0.4) is 0 Å². The van der Waals surface area contributed by atoms with Crippen molar-refractivity contribution in [1.29, 1.82) is 0 Å². The normalized spacial score (nSPS) is 15.1. The zero-order chi connectivity index (χ0) is 18.7. The van der Waals surface area contributed by atoms with Crippen molar-refractivity contribution in [1.82, 2.24) is 9.88 Å². The van der Waals surface area contributed by atoms with Crippen LogP contribution >= 0.6 is 11.8 Å². The van der Waals surface area contributed by atoms with E-state index in [0.717, 1.165) is 63.7 Å². The first kappa shape index (κ1) is 18.5. The van der Waals surface area contributed by atoms with Gasteiger partial charge in [0.15, 0.2) is 0 Å². The molecule has 0 saturated carbocycles. The number of anilines is 1. The molecule has 1 saturated heterocycles. The molecule has 0 unspecified atom stereocenters. The summed E-state index contributed by atoms with van der Waals surface area (Å²) in [6, 6.07) is 8.65. The highest BCUT2D eigenvalue weighted by Gasteiger charge is 2.17. The van der Waals surface area contributed by atoms with E-state index in [4.69, 9.17) is 5.73 Å². The van der Waals surface area contributed by atoms with Crippen molar-refractivity contribution in [2.24, 2.45) is 5.73 Å². The molecule has 5 heteroatoms. The number of nitrogens with two attached hydrogens (primary N) is 1. The van der Waals surface area contributed by atoms with E-state index < -0.39 is 0 Å². The maximum absolute atomic E-state index is 5.98. The summed E-state index contributed by atoms with van der Waals surface area (Å²) in [4.78, 5) is 8.78. The summed E-state index contributed by atoms with van der Waals surface area (Å²) in [5.74, 6) is 1.68. The van der Waals surface area contributed by atoms with Gasteiger partial charge in [-0.05, 0) is 47.8 Å². The van der Waals surface area contributed by atoms with Crippen LogP contribution in [0.15, 0.2) is 60.9 Å². The number of benzene rings is 1. The van der Waals surface area contributed by atoms with Gasteiger partial charge in [0.2, 0.25) is 0 Å². The number of pyridine rings is 1. The van der Waals surface area contributed by atoms with Gasteiger partial charge in [0.1, 0.15) is 5.82 Å². The number of hydrogen-bond acceptors (Lipinski definition) is 5. The van der Waals surface area contributed by atoms with Gasteiger partial charge in [0.05, 0.1) is 5.82 Å². The summed E-state index contributed by atoms with van der Waals surface area (Å²) in [6.45, 7) is 16.1. The van der Waals surface area contributed by atoms with Crippen LogP contribution in [0.2, 0.25) is 0 Å². The molecule has 3 N–H and O–H groups in total. The summed E-state index contributed by atoms with van der Waals surface area (Å²) in [5, 5.41) is 5.56. The van der Waals surface area contributed by atoms with Crippen molar-refractivity contribution < 1.29 is 0 Å². The largest absolute Gasteiger partial charge is 0.359 e. The zero-order valence-corrected chi connectivity index (χ0v) is 16.1. The van der Waals surface area contributed by atoms with Gasteiger partial charge in [-0.3, -0.25) is 0 Å². The third-order valence-electron chi connectivity index (χ3n) is 4.53. The molecule has 1 fully saturated rings. The quantitative estimate of drug-likeness (QED) is 0.771. The average molecular weight is 367 g/mol. The van der Waals surface area contributed by atoms with Gasteiger partial charge < -0.3 is 16.0 Å². The van der Waals surface area contributed by atoms with Crippen LogP contribution in [0.1, 0.15) is 25.3 Å². The maximum atomic E-state index is 5.98. The molecule has 1 aromatic heterocycles. The molecular formula is C21H26N4S. The molecule has 0 amide bonds. The Balaban J connectivity index is 1.76. The van der Waals surface area contributed by atoms with Crippen LogP contribution < -0.4 is 11.1 Å². The van der Waals surface area contributed by atoms with Crippen molar-refractivity contribution in [2.45, 2.75) is 25.8 Å². The van der Waals surface area contributed by atoms with E-state index in [1.54, 1.807) is 11.8 Å². The molecule has 26 heavy (non-hydrogen) atoms. The molecule has 4 nitrogen and oxygen atoms in total. The molecule has 0 aliphatic carbocycles. The lowest BCUT2D eigenvalue weighted by Crippen LogP contribution is -2.40. The van der Waals surface area contributed by atoms with E-state index in [1.165, 1.54) is 0 Å². The molecule has 0 spiro atoms. The Bertz CT molecular complexity index is 850. The second-order valence-corrected chi connectivity index (χ2v) is 8.15. The van der Waals surface area contributed by atoms with E-state index in [9.17, 15) is 0 Å². The Morgan fingerprint density at radius 2 is 1.92 bits per heavy atom. The minimum absolute atomic E-state index is 0.307. The van der Waals surface area contributed by atoms with Crippen molar-refractivity contribution in [2.75, 3.05) is 18.4 Å². The molecule has 1 aliphatic heterocycles. The number of thioether (sulfide) groups is 1. The number of fused-ring (bicyclic) bond motifs is 1. The predicted octanol–water partition coefficient (Wildman–Crippen LogP) is 4.78. The highest BCUT2D eigenvalue weighted by molar-refractivity contribution is 8.11. The molecule has 1 aromatic carbocycles. The van der Waals surface area contributed by atoms with Crippen LogP contribution in [-0.4, -0.2) is 29.0 Å². The monoisotopic (exact) mass is 366 g/mol. The summed E-state index contributed by atoms with van der Waals surface area (Å²) in [6.07, 6.45) is 3.88. The number of nitrogens with zero attached hydrogens (tertiary/aromatic N) is 2. The first-order chi connectivity index (χ1) is 12.4. The molecule has 1 aliphatic rings. The van der Waals surface area contributed by atoms with Crippen LogP contribution in [0.25, 0.3) is 15.7 Å². The number of hydrogen-bond donors (Lipinski definition) is 2. The van der Waals surface area contributed by atoms with E-state index in [0.29, 0.717) is 6.04 Å². The number of rotatable bonds is 6. The van der Waals surface area contributed by atoms with Gasteiger partial charge in [-0.15, -0.1) is 0 Å². The Labute approximate surface area is 159 Å². The van der Waals surface area contributed by atoms with E-state index in [1.807, 2.05) is 13.1 Å². The second-order valence-electron chi connectivity index (χ2n) is 6.75. The number of nitrogens with one attached hydrogen (secondary N) is 1. The van der Waals surface area contributed by atoms with Gasteiger partial charge in [-0.1, -0.05) is 43.6 Å². The topological polar surface area (TPSA) is 54.2 Å². The van der Waals surface area contributed by atoms with Crippen LogP contribution in [0.5, 0.6) is 0 Å². The predicted molar refractivity (Wildman–Crippen MR) is 115 cm³/mol. The fraction of sp³-hybridized carbons (Fsp3) is 0.286. The lowest BCUT2D eigenvalue weighted by atomic mass is 10.1. The Morgan fingerprint density at radius 1 is 1.19 bits per heavy atom. The summed E-state index contributed by atoms with van der Waals surface area (Å²) in [5.41, 5.74) is 7.08. The third-order valence-corrected chi connectivity index (χ3v) is 5.37. The standard InChI is InChI=1S/C21H26N4S/c1-14(2)26-15(3)17-5-6-18-13-23-21(12-19(18)11-17)24-16(4)25-9-7-20(22)8-10-25/h5-6,11-13,20H,1,3-4,7-10,22H2,2H3,(H,23,24). The molecule has 0 atom stereocenters. The molecule has 0 radical (unpaired) electrons. The Morgan fingerprint density at radius 3 is 2.62 bits per heavy atom. The molecule has 136 valence electrons. The SMILES string of the molecule is C=C(C)SC(=C)c1ccc2cnc(NC(=C)N3CCC(N)CC3)cc2c1. The molecule has 3 rings (SSSR count). The summed E-state index contributed by atoms with van der Waals surface area (Å²) < 4.78 is 0. The highest BCUT2D eigenvalue weighted by atomic mass is 32.2. The number of allylic oxidation sites excluding steroid dienone is 1.